The Hall–Kier alpha value is 1.77. The molecule has 2 heterocycles. The van der Waals surface area contributed by atoms with E-state index >= 15 is 0 Å². The van der Waals surface area contributed by atoms with Crippen LogP contribution in [0, 0.1) is 5.92 Å². The predicted molar refractivity (Wildman–Crippen MR) is 169 cm³/mol. The summed E-state index contributed by atoms with van der Waals surface area (Å²) in [5.74, 6) is 0.864. The van der Waals surface area contributed by atoms with Crippen LogP contribution in [-0.4, -0.2) is 123 Å². The van der Waals surface area contributed by atoms with E-state index in [0.717, 1.165) is 69.2 Å². The quantitative estimate of drug-likeness (QED) is 0.0641. The number of fused-ring (bicyclic) bond motifs is 3. The second-order valence-electron chi connectivity index (χ2n) is 13.4. The van der Waals surface area contributed by atoms with E-state index in [1.165, 1.54) is 90.1 Å². The van der Waals surface area contributed by atoms with E-state index in [1.54, 1.807) is 0 Å². The van der Waals surface area contributed by atoms with E-state index in [9.17, 15) is 0 Å². The zero-order valence-corrected chi connectivity index (χ0v) is 32.4. The first-order chi connectivity index (χ1) is 18.1. The molecular weight excluding hydrogens is 675 g/mol. The third-order valence-corrected chi connectivity index (χ3v) is 10.3. The van der Waals surface area contributed by atoms with E-state index in [2.05, 4.69) is 55.1 Å². The molecule has 2 aliphatic rings. The molecule has 1 radical (unpaired) electrons. The first kappa shape index (κ1) is 48.2. The van der Waals surface area contributed by atoms with Gasteiger partial charge >= 0.3 is 17.1 Å². The van der Waals surface area contributed by atoms with Gasteiger partial charge in [-0.25, -0.2) is 0 Å². The zero-order chi connectivity index (χ0) is 27.9. The average molecular weight is 739 g/mol. The van der Waals surface area contributed by atoms with Gasteiger partial charge in [-0.15, -0.1) is 23.2 Å². The van der Waals surface area contributed by atoms with Gasteiger partial charge in [-0.05, 0) is 51.7 Å². The Balaban J connectivity index is -0.00000380. The van der Waals surface area contributed by atoms with Crippen molar-refractivity contribution in [3.05, 3.63) is 0 Å². The van der Waals surface area contributed by atoms with Crippen LogP contribution in [-0.2, 0) is 17.1 Å². The summed E-state index contributed by atoms with van der Waals surface area (Å²) in [5.41, 5.74) is 0. The van der Waals surface area contributed by atoms with Crippen LogP contribution in [0.25, 0.3) is 0 Å². The van der Waals surface area contributed by atoms with Gasteiger partial charge in [-0.1, -0.05) is 64.7 Å². The van der Waals surface area contributed by atoms with E-state index in [1.807, 2.05) is 0 Å². The Morgan fingerprint density at radius 3 is 2.10 bits per heavy atom. The van der Waals surface area contributed by atoms with E-state index in [-0.39, 0.29) is 59.7 Å². The monoisotopic (exact) mass is 736 g/mol. The van der Waals surface area contributed by atoms with Gasteiger partial charge in [0.15, 0.2) is 0 Å². The van der Waals surface area contributed by atoms with Crippen molar-refractivity contribution in [3.63, 3.8) is 0 Å². The number of alkyl halides is 2. The van der Waals surface area contributed by atoms with E-state index in [4.69, 9.17) is 23.2 Å². The number of hydrogen-bond acceptors (Lipinski definition) is 4. The maximum atomic E-state index is 7.58. The molecule has 1 N–H and O–H groups in total. The number of quaternary nitrogens is 1. The third-order valence-electron chi connectivity index (χ3n) is 8.93. The molecule has 0 saturated carbocycles. The van der Waals surface area contributed by atoms with Crippen LogP contribution >= 0.6 is 23.2 Å². The van der Waals surface area contributed by atoms with Gasteiger partial charge < -0.3 is 56.8 Å². The second-order valence-corrected chi connectivity index (χ2v) is 14.6. The van der Waals surface area contributed by atoms with Crippen molar-refractivity contribution in [1.82, 2.24) is 20.0 Å². The van der Waals surface area contributed by atoms with E-state index in [0.29, 0.717) is 0 Å². The Morgan fingerprint density at radius 2 is 1.43 bits per heavy atom. The summed E-state index contributed by atoms with van der Waals surface area (Å²) < 4.78 is 1.07. The Kier molecular flexibility index (Phi) is 30.7. The van der Waals surface area contributed by atoms with Crippen LogP contribution < -0.4 is 42.5 Å². The second kappa shape index (κ2) is 26.8. The van der Waals surface area contributed by atoms with Crippen LogP contribution in [0.4, 0.5) is 0 Å². The molecule has 11 heteroatoms. The summed E-state index contributed by atoms with van der Waals surface area (Å²) in [4.78, 5) is 7.16. The number of hydrogen-bond donors (Lipinski definition) is 1. The molecule has 0 aromatic carbocycles. The summed E-state index contributed by atoms with van der Waals surface area (Å²) >= 11 is 14.7. The predicted octanol–water partition coefficient (Wildman–Crippen LogP) is -2.90. The normalized spacial score (nSPS) is 26.5. The molecule has 2 saturated heterocycles. The molecule has 5 atom stereocenters. The Bertz CT molecular complexity index is 619. The fourth-order valence-corrected chi connectivity index (χ4v) is 7.05. The molecule has 0 spiro atoms. The minimum absolute atomic E-state index is 0. The van der Waals surface area contributed by atoms with Crippen LogP contribution in [0.3, 0.4) is 0 Å². The third kappa shape index (κ3) is 20.1. The van der Waals surface area contributed by atoms with E-state index < -0.39 is 5.00 Å². The number of rotatable bonds is 15. The zero-order valence-electron chi connectivity index (χ0n) is 27.5. The van der Waals surface area contributed by atoms with Crippen molar-refractivity contribution in [2.45, 2.75) is 101 Å². The first-order valence-electron chi connectivity index (χ1n) is 16.1. The average Bonchev–Trinajstić information content (AvgIpc) is 2.86. The van der Waals surface area contributed by atoms with Crippen LogP contribution in [0.1, 0.15) is 90.4 Å². The van der Waals surface area contributed by atoms with Crippen molar-refractivity contribution in [2.75, 3.05) is 93.6 Å². The van der Waals surface area contributed by atoms with Crippen LogP contribution in [0.5, 0.6) is 0 Å². The van der Waals surface area contributed by atoms with Gasteiger partial charge in [-0.3, -0.25) is 4.90 Å². The number of halogens is 5. The number of nitrogens with one attached hydrogen (secondary N) is 1. The molecule has 255 valence electrons. The summed E-state index contributed by atoms with van der Waals surface area (Å²) in [5, 5.41) is 3.54. The van der Waals surface area contributed by atoms with Crippen molar-refractivity contribution >= 4 is 23.2 Å². The molecule has 0 amide bonds. The topological polar surface area (TPSA) is 21.8 Å². The smallest absolute Gasteiger partial charge is 1.00 e. The molecule has 2 aliphatic heterocycles. The maximum Gasteiger partial charge on any atom is 2.00 e. The fraction of sp³-hybridized carbons (Fsp3) is 1.00. The standard InChI is InChI=1S/C31H64Cl2N5.3ClH.Mn/c1-6-7-8-9-10-15-29(17-13-27-38(3,4)5)16-11-12-18-31(33)30(32)28-34-19-22-36-21-14-20-35(2)23-25-37(31)26-24-36;;;;/h29-30,34H,6-28H2,1-5H3;3*1H;/q+1;;;;+2/p-3. The SMILES string of the molecule is CCCCCCCC(CCCCC1(Cl)C(Cl)CNCCN2CCCN(C)CCN1CC2)CCC[N+](C)(C)C.[Cl-].[Cl-].[Cl-].[Mn+2]. The summed E-state index contributed by atoms with van der Waals surface area (Å²) in [6.45, 7) is 13.0. The van der Waals surface area contributed by atoms with Crippen LogP contribution in [0.15, 0.2) is 0 Å². The molecule has 5 nitrogen and oxygen atoms in total. The van der Waals surface area contributed by atoms with Crippen molar-refractivity contribution in [2.24, 2.45) is 5.92 Å². The molecule has 2 rings (SSSR count). The Morgan fingerprint density at radius 1 is 0.810 bits per heavy atom. The minimum Gasteiger partial charge on any atom is -1.00 e. The summed E-state index contributed by atoms with van der Waals surface area (Å²) in [7, 11) is 9.22. The largest absolute Gasteiger partial charge is 2.00 e. The number of nitrogens with zero attached hydrogens (tertiary/aromatic N) is 4. The molecule has 0 aliphatic carbocycles. The fourth-order valence-electron chi connectivity index (χ4n) is 6.31. The molecule has 2 fully saturated rings. The molecule has 2 bridgehead atoms. The van der Waals surface area contributed by atoms with Crippen LogP contribution in [0.2, 0.25) is 0 Å². The minimum atomic E-state index is -0.475. The van der Waals surface area contributed by atoms with Crippen molar-refractivity contribution in [3.8, 4) is 0 Å². The van der Waals surface area contributed by atoms with Gasteiger partial charge in [0.2, 0.25) is 0 Å². The first-order valence-corrected chi connectivity index (χ1v) is 17.0. The molecule has 0 aromatic heterocycles. The molecule has 42 heavy (non-hydrogen) atoms. The number of likely N-dealkylation sites (N-methyl/N-ethyl adjacent to an activating group) is 1. The van der Waals surface area contributed by atoms with Gasteiger partial charge in [0, 0.05) is 45.8 Å². The molecule has 0 aromatic rings. The van der Waals surface area contributed by atoms with Crippen molar-refractivity contribution in [1.29, 1.82) is 0 Å². The number of unbranched alkanes of at least 4 members (excludes halogenated alkanes) is 5. The summed E-state index contributed by atoms with van der Waals surface area (Å²) in [6.07, 6.45) is 17.1. The Labute approximate surface area is 300 Å². The van der Waals surface area contributed by atoms with Gasteiger partial charge in [0.25, 0.3) is 0 Å². The maximum absolute atomic E-state index is 7.58. The summed E-state index contributed by atoms with van der Waals surface area (Å²) in [6, 6.07) is 0. The van der Waals surface area contributed by atoms with Gasteiger partial charge in [0.1, 0.15) is 5.00 Å². The van der Waals surface area contributed by atoms with Crippen molar-refractivity contribution < 1.29 is 58.8 Å². The van der Waals surface area contributed by atoms with Gasteiger partial charge in [0.05, 0.1) is 33.1 Å². The van der Waals surface area contributed by atoms with Gasteiger partial charge in [-0.2, -0.15) is 0 Å². The molecular formula is C31H64Cl5MnN5. The molecule has 5 unspecified atom stereocenters.